The van der Waals surface area contributed by atoms with Gasteiger partial charge in [-0.3, -0.25) is 14.4 Å². The number of fused-ring (bicyclic) bond motifs is 1. The van der Waals surface area contributed by atoms with Gasteiger partial charge in [0, 0.05) is 0 Å². The fourth-order valence-electron chi connectivity index (χ4n) is 2.52. The first-order valence-corrected chi connectivity index (χ1v) is 8.63. The Bertz CT molecular complexity index is 1110. The van der Waals surface area contributed by atoms with Crippen molar-refractivity contribution >= 4 is 28.5 Å². The van der Waals surface area contributed by atoms with E-state index in [1.807, 2.05) is 5.32 Å². The van der Waals surface area contributed by atoms with E-state index in [9.17, 15) is 23.2 Å². The number of hydrogen-bond donors (Lipinski definition) is 1. The lowest BCUT2D eigenvalue weighted by atomic mass is 10.2. The van der Waals surface area contributed by atoms with Crippen LogP contribution in [0.1, 0.15) is 13.3 Å². The molecular weight excluding hydrogens is 386 g/mol. The van der Waals surface area contributed by atoms with Crippen molar-refractivity contribution in [1.82, 2.24) is 15.0 Å². The third-order valence-electron chi connectivity index (χ3n) is 4.05. The minimum Gasteiger partial charge on any atom is -0.452 e. The third-order valence-corrected chi connectivity index (χ3v) is 4.05. The van der Waals surface area contributed by atoms with Crippen LogP contribution in [0.15, 0.2) is 47.3 Å². The maximum atomic E-state index is 13.6. The molecule has 1 N–H and O–H groups in total. The summed E-state index contributed by atoms with van der Waals surface area (Å²) in [6, 6.07) is 9.76. The zero-order valence-corrected chi connectivity index (χ0v) is 15.3. The predicted molar refractivity (Wildman–Crippen MR) is 99.0 cm³/mol. The number of aryl methyl sites for hydroxylation is 1. The number of benzene rings is 2. The van der Waals surface area contributed by atoms with Crippen molar-refractivity contribution in [3.8, 4) is 0 Å². The highest BCUT2D eigenvalue weighted by Gasteiger charge is 2.21. The van der Waals surface area contributed by atoms with Crippen LogP contribution >= 0.6 is 0 Å². The van der Waals surface area contributed by atoms with Crippen LogP contribution in [0, 0.1) is 11.6 Å². The maximum absolute atomic E-state index is 13.6. The highest BCUT2D eigenvalue weighted by atomic mass is 19.1. The molecule has 0 aliphatic heterocycles. The maximum Gasteiger partial charge on any atom is 0.308 e. The predicted octanol–water partition coefficient (Wildman–Crippen LogP) is 2.03. The van der Waals surface area contributed by atoms with E-state index >= 15 is 0 Å². The highest BCUT2D eigenvalue weighted by Crippen LogP contribution is 2.18. The number of para-hydroxylation sites is 1. The van der Waals surface area contributed by atoms with Gasteiger partial charge >= 0.3 is 5.97 Å². The molecule has 10 heteroatoms. The van der Waals surface area contributed by atoms with Crippen LogP contribution in [-0.4, -0.2) is 33.0 Å². The van der Waals surface area contributed by atoms with Crippen LogP contribution in [0.3, 0.4) is 0 Å². The third kappa shape index (κ3) is 4.60. The van der Waals surface area contributed by atoms with Crippen LogP contribution in [0.5, 0.6) is 0 Å². The average molecular weight is 402 g/mol. The summed E-state index contributed by atoms with van der Waals surface area (Å²) in [5.41, 5.74) is -0.607. The zero-order chi connectivity index (χ0) is 21.0. The molecule has 0 saturated carbocycles. The van der Waals surface area contributed by atoms with Gasteiger partial charge in [0.15, 0.2) is 6.10 Å². The van der Waals surface area contributed by atoms with E-state index in [0.29, 0.717) is 10.9 Å². The highest BCUT2D eigenvalue weighted by molar-refractivity contribution is 5.95. The first-order valence-electron chi connectivity index (χ1n) is 8.63. The van der Waals surface area contributed by atoms with E-state index in [4.69, 9.17) is 4.74 Å². The number of nitrogens with one attached hydrogen (secondary N) is 1. The molecule has 29 heavy (non-hydrogen) atoms. The number of ether oxygens (including phenoxy) is 1. The van der Waals surface area contributed by atoms with Gasteiger partial charge in [-0.25, -0.2) is 13.5 Å². The topological polar surface area (TPSA) is 103 Å². The summed E-state index contributed by atoms with van der Waals surface area (Å²) in [5, 5.41) is 10.0. The minimum absolute atomic E-state index is 0.105. The Morgan fingerprint density at radius 3 is 2.55 bits per heavy atom. The van der Waals surface area contributed by atoms with E-state index in [2.05, 4.69) is 10.3 Å². The van der Waals surface area contributed by atoms with Crippen LogP contribution in [0.2, 0.25) is 0 Å². The van der Waals surface area contributed by atoms with Crippen LogP contribution in [0.4, 0.5) is 14.5 Å². The largest absolute Gasteiger partial charge is 0.452 e. The summed E-state index contributed by atoms with van der Waals surface area (Å²) < 4.78 is 33.1. The quantitative estimate of drug-likeness (QED) is 0.633. The number of rotatable bonds is 6. The number of amides is 1. The molecule has 1 aromatic heterocycles. The Kier molecular flexibility index (Phi) is 5.91. The molecule has 1 atom stereocenters. The second-order valence-electron chi connectivity index (χ2n) is 6.10. The Labute approximate surface area is 163 Å². The molecule has 8 nitrogen and oxygen atoms in total. The number of anilines is 1. The van der Waals surface area contributed by atoms with Crippen molar-refractivity contribution in [2.45, 2.75) is 26.0 Å². The van der Waals surface area contributed by atoms with Crippen molar-refractivity contribution < 1.29 is 23.1 Å². The van der Waals surface area contributed by atoms with Gasteiger partial charge in [0.25, 0.3) is 11.5 Å². The van der Waals surface area contributed by atoms with Crippen molar-refractivity contribution in [3.63, 3.8) is 0 Å². The molecule has 0 fully saturated rings. The molecule has 3 aromatic rings. The number of aromatic nitrogens is 3. The monoisotopic (exact) mass is 402 g/mol. The second kappa shape index (κ2) is 8.55. The molecule has 1 heterocycles. The number of hydrogen-bond acceptors (Lipinski definition) is 6. The Morgan fingerprint density at radius 1 is 1.14 bits per heavy atom. The summed E-state index contributed by atoms with van der Waals surface area (Å²) in [7, 11) is 0. The van der Waals surface area contributed by atoms with Gasteiger partial charge in [-0.2, -0.15) is 0 Å². The normalized spacial score (nSPS) is 11.8. The zero-order valence-electron chi connectivity index (χ0n) is 15.3. The fraction of sp³-hybridized carbons (Fsp3) is 0.211. The van der Waals surface area contributed by atoms with Crippen molar-refractivity contribution in [3.05, 3.63) is 64.5 Å². The summed E-state index contributed by atoms with van der Waals surface area (Å²) in [6.45, 7) is 1.15. The van der Waals surface area contributed by atoms with Gasteiger partial charge < -0.3 is 10.1 Å². The number of carbonyl (C=O) groups is 2. The van der Waals surface area contributed by atoms with E-state index in [0.717, 1.165) is 22.9 Å². The lowest BCUT2D eigenvalue weighted by Gasteiger charge is -2.14. The van der Waals surface area contributed by atoms with Gasteiger partial charge in [-0.15, -0.1) is 5.10 Å². The standard InChI is InChI=1S/C19H16F2N4O4/c1-11(18(27)22-17-13(20)6-4-7-14(17)21)29-16(26)9-10-25-19(28)12-5-2-3-8-15(12)23-24-25/h2-8,11H,9-10H2,1H3,(H,22,27). The van der Waals surface area contributed by atoms with Crippen molar-refractivity contribution in [2.75, 3.05) is 5.32 Å². The number of carbonyl (C=O) groups excluding carboxylic acids is 2. The molecule has 150 valence electrons. The Balaban J connectivity index is 1.58. The van der Waals surface area contributed by atoms with Gasteiger partial charge in [0.2, 0.25) is 0 Å². The average Bonchev–Trinajstić information content (AvgIpc) is 2.70. The lowest BCUT2D eigenvalue weighted by molar-refractivity contribution is -0.153. The van der Waals surface area contributed by atoms with Crippen LogP contribution in [0.25, 0.3) is 10.9 Å². The molecule has 2 aromatic carbocycles. The molecule has 0 saturated heterocycles. The molecule has 0 bridgehead atoms. The van der Waals surface area contributed by atoms with Gasteiger partial charge in [0.05, 0.1) is 18.4 Å². The lowest BCUT2D eigenvalue weighted by Crippen LogP contribution is -2.31. The molecule has 1 amide bonds. The Morgan fingerprint density at radius 2 is 1.83 bits per heavy atom. The molecule has 0 radical (unpaired) electrons. The van der Waals surface area contributed by atoms with Gasteiger partial charge in [-0.1, -0.05) is 23.4 Å². The fourth-order valence-corrected chi connectivity index (χ4v) is 2.52. The summed E-state index contributed by atoms with van der Waals surface area (Å²) >= 11 is 0. The van der Waals surface area contributed by atoms with E-state index in [-0.39, 0.29) is 13.0 Å². The molecule has 1 unspecified atom stereocenters. The van der Waals surface area contributed by atoms with Crippen LogP contribution < -0.4 is 10.9 Å². The first-order chi connectivity index (χ1) is 13.9. The second-order valence-corrected chi connectivity index (χ2v) is 6.10. The number of halogens is 2. The summed E-state index contributed by atoms with van der Waals surface area (Å²) in [4.78, 5) is 36.3. The number of nitrogens with zero attached hydrogens (tertiary/aromatic N) is 3. The molecule has 0 aliphatic rings. The van der Waals surface area contributed by atoms with Crippen LogP contribution in [-0.2, 0) is 20.9 Å². The first kappa shape index (κ1) is 20.1. The molecule has 0 aliphatic carbocycles. The van der Waals surface area contributed by atoms with E-state index in [1.165, 1.54) is 6.92 Å². The molecule has 0 spiro atoms. The summed E-state index contributed by atoms with van der Waals surface area (Å²) in [5.74, 6) is -3.59. The Hall–Kier alpha value is -3.69. The molecule has 3 rings (SSSR count). The van der Waals surface area contributed by atoms with E-state index < -0.39 is 40.9 Å². The van der Waals surface area contributed by atoms with Crippen molar-refractivity contribution in [1.29, 1.82) is 0 Å². The van der Waals surface area contributed by atoms with Gasteiger partial charge in [0.1, 0.15) is 22.8 Å². The smallest absolute Gasteiger partial charge is 0.308 e. The summed E-state index contributed by atoms with van der Waals surface area (Å²) in [6.07, 6.45) is -1.56. The van der Waals surface area contributed by atoms with Crippen molar-refractivity contribution in [2.24, 2.45) is 0 Å². The molecular formula is C19H16F2N4O4. The SMILES string of the molecule is CC(OC(=O)CCn1nnc2ccccc2c1=O)C(=O)Nc1c(F)cccc1F. The van der Waals surface area contributed by atoms with Gasteiger partial charge in [-0.05, 0) is 31.2 Å². The van der Waals surface area contributed by atoms with E-state index in [1.54, 1.807) is 24.3 Å². The number of esters is 1. The minimum atomic E-state index is -1.30.